The van der Waals surface area contributed by atoms with Crippen molar-refractivity contribution in [2.75, 3.05) is 18.8 Å². The van der Waals surface area contributed by atoms with Crippen LogP contribution in [-0.2, 0) is 11.2 Å². The van der Waals surface area contributed by atoms with Crippen LogP contribution in [-0.4, -0.2) is 23.9 Å². The molecular formula is C15H22N2O. The van der Waals surface area contributed by atoms with Gasteiger partial charge in [0.2, 0.25) is 5.91 Å². The van der Waals surface area contributed by atoms with Crippen molar-refractivity contribution in [2.45, 2.75) is 32.6 Å². The highest BCUT2D eigenvalue weighted by Gasteiger charge is 2.22. The number of benzene rings is 1. The van der Waals surface area contributed by atoms with Crippen LogP contribution in [0.15, 0.2) is 24.3 Å². The third-order valence-corrected chi connectivity index (χ3v) is 3.85. The second-order valence-corrected chi connectivity index (χ2v) is 5.13. The summed E-state index contributed by atoms with van der Waals surface area (Å²) in [5, 5.41) is 0. The van der Waals surface area contributed by atoms with E-state index in [2.05, 4.69) is 6.92 Å². The first-order valence-corrected chi connectivity index (χ1v) is 6.82. The lowest BCUT2D eigenvalue weighted by molar-refractivity contribution is -0.132. The molecule has 1 saturated heterocycles. The van der Waals surface area contributed by atoms with E-state index in [-0.39, 0.29) is 5.91 Å². The van der Waals surface area contributed by atoms with Gasteiger partial charge in [-0.25, -0.2) is 0 Å². The molecule has 0 spiro atoms. The summed E-state index contributed by atoms with van der Waals surface area (Å²) in [5.74, 6) is 0.891. The van der Waals surface area contributed by atoms with E-state index < -0.39 is 0 Å². The Balaban J connectivity index is 1.97. The van der Waals surface area contributed by atoms with E-state index in [9.17, 15) is 4.79 Å². The van der Waals surface area contributed by atoms with Crippen molar-refractivity contribution in [3.63, 3.8) is 0 Å². The predicted molar refractivity (Wildman–Crippen MR) is 74.2 cm³/mol. The molecule has 2 rings (SSSR count). The van der Waals surface area contributed by atoms with Crippen molar-refractivity contribution in [3.8, 4) is 0 Å². The number of para-hydroxylation sites is 1. The Hall–Kier alpha value is -1.51. The third kappa shape index (κ3) is 3.03. The largest absolute Gasteiger partial charge is 0.398 e. The van der Waals surface area contributed by atoms with E-state index in [1.807, 2.05) is 29.2 Å². The maximum absolute atomic E-state index is 12.3. The molecule has 1 heterocycles. The number of rotatable bonds is 3. The van der Waals surface area contributed by atoms with Gasteiger partial charge in [-0.2, -0.15) is 0 Å². The first-order valence-electron chi connectivity index (χ1n) is 6.82. The van der Waals surface area contributed by atoms with Gasteiger partial charge in [0.25, 0.3) is 0 Å². The number of amides is 1. The van der Waals surface area contributed by atoms with Gasteiger partial charge in [-0.3, -0.25) is 4.79 Å². The second-order valence-electron chi connectivity index (χ2n) is 5.13. The zero-order chi connectivity index (χ0) is 13.0. The van der Waals surface area contributed by atoms with Crippen LogP contribution in [0.5, 0.6) is 0 Å². The summed E-state index contributed by atoms with van der Waals surface area (Å²) in [6.45, 7) is 4.03. The molecule has 0 radical (unpaired) electrons. The van der Waals surface area contributed by atoms with Crippen LogP contribution >= 0.6 is 0 Å². The maximum atomic E-state index is 12.3. The summed E-state index contributed by atoms with van der Waals surface area (Å²) in [6, 6.07) is 7.63. The molecule has 1 atom stereocenters. The molecule has 0 aliphatic carbocycles. The fourth-order valence-electron chi connectivity index (χ4n) is 2.59. The smallest absolute Gasteiger partial charge is 0.227 e. The number of nitrogens with zero attached hydrogens (tertiary/aromatic N) is 1. The quantitative estimate of drug-likeness (QED) is 0.833. The van der Waals surface area contributed by atoms with Gasteiger partial charge >= 0.3 is 0 Å². The molecule has 98 valence electrons. The van der Waals surface area contributed by atoms with E-state index in [1.54, 1.807) is 0 Å². The Morgan fingerprint density at radius 3 is 2.94 bits per heavy atom. The Morgan fingerprint density at radius 1 is 1.44 bits per heavy atom. The van der Waals surface area contributed by atoms with Crippen molar-refractivity contribution in [1.82, 2.24) is 4.90 Å². The van der Waals surface area contributed by atoms with Crippen LogP contribution in [0, 0.1) is 5.92 Å². The van der Waals surface area contributed by atoms with Gasteiger partial charge in [-0.1, -0.05) is 31.5 Å². The fraction of sp³-hybridized carbons (Fsp3) is 0.533. The topological polar surface area (TPSA) is 46.3 Å². The Labute approximate surface area is 109 Å². The number of anilines is 1. The number of piperidine rings is 1. The summed E-state index contributed by atoms with van der Waals surface area (Å²) in [4.78, 5) is 14.3. The number of hydrogen-bond donors (Lipinski definition) is 1. The summed E-state index contributed by atoms with van der Waals surface area (Å²) >= 11 is 0. The first kappa shape index (κ1) is 12.9. The highest BCUT2D eigenvalue weighted by molar-refractivity contribution is 5.80. The van der Waals surface area contributed by atoms with Crippen LogP contribution < -0.4 is 5.73 Å². The normalized spacial score (nSPS) is 19.8. The summed E-state index contributed by atoms with van der Waals surface area (Å²) in [6.07, 6.45) is 3.99. The zero-order valence-electron chi connectivity index (χ0n) is 11.1. The van der Waals surface area contributed by atoms with E-state index in [4.69, 9.17) is 5.73 Å². The first-order chi connectivity index (χ1) is 8.70. The van der Waals surface area contributed by atoms with Crippen LogP contribution in [0.4, 0.5) is 5.69 Å². The Kier molecular flexibility index (Phi) is 4.24. The molecule has 0 saturated carbocycles. The lowest BCUT2D eigenvalue weighted by Crippen LogP contribution is -2.40. The standard InChI is InChI=1S/C15H22N2O/c1-2-12-6-5-9-17(11-12)15(18)10-13-7-3-4-8-14(13)16/h3-4,7-8,12H,2,5-6,9-11,16H2,1H3. The van der Waals surface area contributed by atoms with Gasteiger partial charge in [0, 0.05) is 18.8 Å². The van der Waals surface area contributed by atoms with Crippen molar-refractivity contribution in [1.29, 1.82) is 0 Å². The summed E-state index contributed by atoms with van der Waals surface area (Å²) < 4.78 is 0. The molecule has 1 aliphatic heterocycles. The van der Waals surface area contributed by atoms with Crippen molar-refractivity contribution < 1.29 is 4.79 Å². The summed E-state index contributed by atoms with van der Waals surface area (Å²) in [5.41, 5.74) is 7.54. The van der Waals surface area contributed by atoms with Gasteiger partial charge in [-0.05, 0) is 30.4 Å². The average molecular weight is 246 g/mol. The van der Waals surface area contributed by atoms with E-state index >= 15 is 0 Å². The number of carbonyl (C=O) groups excluding carboxylic acids is 1. The van der Waals surface area contributed by atoms with E-state index in [1.165, 1.54) is 6.42 Å². The molecule has 0 aromatic heterocycles. The van der Waals surface area contributed by atoms with Crippen molar-refractivity contribution >= 4 is 11.6 Å². The van der Waals surface area contributed by atoms with Crippen LogP contribution in [0.25, 0.3) is 0 Å². The van der Waals surface area contributed by atoms with Crippen molar-refractivity contribution in [3.05, 3.63) is 29.8 Å². The predicted octanol–water partition coefficient (Wildman–Crippen LogP) is 2.46. The molecular weight excluding hydrogens is 224 g/mol. The second kappa shape index (κ2) is 5.89. The highest BCUT2D eigenvalue weighted by atomic mass is 16.2. The molecule has 3 heteroatoms. The highest BCUT2D eigenvalue weighted by Crippen LogP contribution is 2.20. The monoisotopic (exact) mass is 246 g/mol. The minimum Gasteiger partial charge on any atom is -0.398 e. The molecule has 1 fully saturated rings. The van der Waals surface area contributed by atoms with E-state index in [0.717, 1.165) is 37.2 Å². The molecule has 3 nitrogen and oxygen atoms in total. The molecule has 1 aromatic rings. The number of hydrogen-bond acceptors (Lipinski definition) is 2. The lowest BCUT2D eigenvalue weighted by atomic mass is 9.95. The molecule has 1 aromatic carbocycles. The number of nitrogens with two attached hydrogens (primary N) is 1. The fourth-order valence-corrected chi connectivity index (χ4v) is 2.59. The van der Waals surface area contributed by atoms with E-state index in [0.29, 0.717) is 12.3 Å². The van der Waals surface area contributed by atoms with Crippen LogP contribution in [0.3, 0.4) is 0 Å². The molecule has 1 unspecified atom stereocenters. The minimum atomic E-state index is 0.214. The number of nitrogen functional groups attached to an aromatic ring is 1. The Bertz CT molecular complexity index is 417. The molecule has 18 heavy (non-hydrogen) atoms. The minimum absolute atomic E-state index is 0.214. The van der Waals surface area contributed by atoms with Gasteiger partial charge in [-0.15, -0.1) is 0 Å². The third-order valence-electron chi connectivity index (χ3n) is 3.85. The summed E-state index contributed by atoms with van der Waals surface area (Å²) in [7, 11) is 0. The number of carbonyl (C=O) groups is 1. The van der Waals surface area contributed by atoms with Crippen LogP contribution in [0.2, 0.25) is 0 Å². The maximum Gasteiger partial charge on any atom is 0.227 e. The van der Waals surface area contributed by atoms with Gasteiger partial charge < -0.3 is 10.6 Å². The van der Waals surface area contributed by atoms with Gasteiger partial charge in [0.15, 0.2) is 0 Å². The Morgan fingerprint density at radius 2 is 2.22 bits per heavy atom. The lowest BCUT2D eigenvalue weighted by Gasteiger charge is -2.32. The molecule has 1 aliphatic rings. The van der Waals surface area contributed by atoms with Gasteiger partial charge in [0.05, 0.1) is 6.42 Å². The number of likely N-dealkylation sites (tertiary alicyclic amines) is 1. The van der Waals surface area contributed by atoms with Crippen molar-refractivity contribution in [2.24, 2.45) is 5.92 Å². The molecule has 1 amide bonds. The zero-order valence-corrected chi connectivity index (χ0v) is 11.1. The van der Waals surface area contributed by atoms with Crippen LogP contribution in [0.1, 0.15) is 31.7 Å². The van der Waals surface area contributed by atoms with Gasteiger partial charge in [0.1, 0.15) is 0 Å². The average Bonchev–Trinajstić information content (AvgIpc) is 2.41. The SMILES string of the molecule is CCC1CCCN(C(=O)Cc2ccccc2N)C1. The molecule has 2 N–H and O–H groups in total. The molecule has 0 bridgehead atoms.